The smallest absolute Gasteiger partial charge is 0.254 e. The summed E-state index contributed by atoms with van der Waals surface area (Å²) < 4.78 is 39.3. The van der Waals surface area contributed by atoms with Crippen molar-refractivity contribution in [3.8, 4) is 10.7 Å². The molecule has 0 atom stereocenters. The van der Waals surface area contributed by atoms with Gasteiger partial charge in [-0.1, -0.05) is 36.0 Å². The molecular formula is C18H11F3N4S2. The number of nitrogens with zero attached hydrogens (tertiary/aromatic N) is 4. The minimum Gasteiger partial charge on any atom is -0.254 e. The highest BCUT2D eigenvalue weighted by Gasteiger charge is 2.35. The number of alkyl halides is 3. The third-order valence-corrected chi connectivity index (χ3v) is 5.55. The molecule has 4 nitrogen and oxygen atoms in total. The molecule has 0 spiro atoms. The van der Waals surface area contributed by atoms with Gasteiger partial charge in [0.05, 0.1) is 16.9 Å². The van der Waals surface area contributed by atoms with Crippen molar-refractivity contribution >= 4 is 34.0 Å². The minimum atomic E-state index is -4.59. The monoisotopic (exact) mass is 404 g/mol. The molecule has 3 aromatic heterocycles. The molecule has 0 radical (unpaired) electrons. The fourth-order valence-corrected chi connectivity index (χ4v) is 4.22. The summed E-state index contributed by atoms with van der Waals surface area (Å²) in [5.41, 5.74) is 1.81. The summed E-state index contributed by atoms with van der Waals surface area (Å²) in [4.78, 5) is 16.1. The summed E-state index contributed by atoms with van der Waals surface area (Å²) in [6, 6.07) is 12.3. The fourth-order valence-electron chi connectivity index (χ4n) is 2.41. The molecule has 0 bridgehead atoms. The number of thiazole rings is 1. The zero-order valence-corrected chi connectivity index (χ0v) is 15.3. The van der Waals surface area contributed by atoms with Crippen LogP contribution in [0.1, 0.15) is 11.5 Å². The van der Waals surface area contributed by atoms with Crippen LogP contribution in [0.4, 0.5) is 13.2 Å². The highest BCUT2D eigenvalue weighted by Crippen LogP contribution is 2.33. The van der Waals surface area contributed by atoms with E-state index < -0.39 is 12.0 Å². The fraction of sp³-hybridized carbons (Fsp3) is 0.111. The topological polar surface area (TPSA) is 51.6 Å². The van der Waals surface area contributed by atoms with Crippen molar-refractivity contribution in [2.24, 2.45) is 0 Å². The van der Waals surface area contributed by atoms with E-state index >= 15 is 0 Å². The number of rotatable bonds is 4. The Morgan fingerprint density at radius 2 is 1.78 bits per heavy atom. The van der Waals surface area contributed by atoms with E-state index in [2.05, 4.69) is 19.9 Å². The van der Waals surface area contributed by atoms with Crippen molar-refractivity contribution in [2.45, 2.75) is 17.0 Å². The third-order valence-electron chi connectivity index (χ3n) is 3.61. The Kier molecular flexibility index (Phi) is 4.79. The third kappa shape index (κ3) is 3.93. The Bertz CT molecular complexity index is 1080. The van der Waals surface area contributed by atoms with Crippen LogP contribution in [0.5, 0.6) is 0 Å². The van der Waals surface area contributed by atoms with Gasteiger partial charge in [0.25, 0.3) is 0 Å². The van der Waals surface area contributed by atoms with Crippen molar-refractivity contribution in [2.75, 3.05) is 0 Å². The van der Waals surface area contributed by atoms with Crippen LogP contribution in [-0.2, 0) is 11.9 Å². The van der Waals surface area contributed by atoms with Gasteiger partial charge in [-0.15, -0.1) is 11.3 Å². The van der Waals surface area contributed by atoms with Crippen LogP contribution < -0.4 is 0 Å². The first kappa shape index (κ1) is 17.9. The van der Waals surface area contributed by atoms with Gasteiger partial charge in [0.2, 0.25) is 5.82 Å². The molecule has 1 aromatic carbocycles. The Morgan fingerprint density at radius 1 is 0.963 bits per heavy atom. The molecule has 3 heterocycles. The summed E-state index contributed by atoms with van der Waals surface area (Å²) in [6.07, 6.45) is -2.90. The van der Waals surface area contributed by atoms with Crippen molar-refractivity contribution in [1.82, 2.24) is 19.9 Å². The lowest BCUT2D eigenvalue weighted by Gasteiger charge is -2.09. The van der Waals surface area contributed by atoms with E-state index in [1.807, 2.05) is 23.6 Å². The van der Waals surface area contributed by atoms with Crippen LogP contribution in [0.2, 0.25) is 0 Å². The molecule has 27 heavy (non-hydrogen) atoms. The van der Waals surface area contributed by atoms with Crippen molar-refractivity contribution in [3.05, 3.63) is 65.6 Å². The van der Waals surface area contributed by atoms with Crippen LogP contribution in [0.3, 0.4) is 0 Å². The number of thioether (sulfide) groups is 1. The lowest BCUT2D eigenvalue weighted by atomic mass is 10.2. The van der Waals surface area contributed by atoms with Gasteiger partial charge in [-0.05, 0) is 18.2 Å². The standard InChI is InChI=1S/C18H11F3N4S2/c19-18(20,21)17-24-13-6-2-1-5-12(13)15(25-17)26-9-11-10-27-16(23-11)14-7-3-4-8-22-14/h1-8,10H,9H2. The average molecular weight is 404 g/mol. The van der Waals surface area contributed by atoms with Gasteiger partial charge in [0, 0.05) is 22.7 Å². The summed E-state index contributed by atoms with van der Waals surface area (Å²) >= 11 is 2.66. The zero-order valence-electron chi connectivity index (χ0n) is 13.6. The summed E-state index contributed by atoms with van der Waals surface area (Å²) in [6.45, 7) is 0. The number of pyridine rings is 1. The van der Waals surface area contributed by atoms with Gasteiger partial charge in [-0.25, -0.2) is 15.0 Å². The Balaban J connectivity index is 1.61. The van der Waals surface area contributed by atoms with Crippen LogP contribution in [-0.4, -0.2) is 19.9 Å². The van der Waals surface area contributed by atoms with Crippen LogP contribution in [0.15, 0.2) is 59.1 Å². The van der Waals surface area contributed by atoms with E-state index in [1.165, 1.54) is 23.1 Å². The van der Waals surface area contributed by atoms with Gasteiger partial charge in [0.15, 0.2) is 0 Å². The summed E-state index contributed by atoms with van der Waals surface area (Å²) in [5.74, 6) is -0.724. The number of hydrogen-bond acceptors (Lipinski definition) is 6. The van der Waals surface area contributed by atoms with E-state index in [0.29, 0.717) is 16.2 Å². The molecular weight excluding hydrogens is 393 g/mol. The number of benzene rings is 1. The maximum atomic E-state index is 13.1. The largest absolute Gasteiger partial charge is 0.451 e. The van der Waals surface area contributed by atoms with Crippen LogP contribution >= 0.6 is 23.1 Å². The average Bonchev–Trinajstić information content (AvgIpc) is 3.15. The Labute approximate surface area is 160 Å². The van der Waals surface area contributed by atoms with Gasteiger partial charge in [0.1, 0.15) is 10.0 Å². The summed E-state index contributed by atoms with van der Waals surface area (Å²) in [5, 5.41) is 3.54. The molecule has 0 aliphatic rings. The van der Waals surface area contributed by atoms with Gasteiger partial charge >= 0.3 is 6.18 Å². The van der Waals surface area contributed by atoms with Crippen molar-refractivity contribution in [1.29, 1.82) is 0 Å². The number of hydrogen-bond donors (Lipinski definition) is 0. The second-order valence-electron chi connectivity index (χ2n) is 5.51. The predicted octanol–water partition coefficient (Wildman–Crippen LogP) is 5.46. The van der Waals surface area contributed by atoms with E-state index in [9.17, 15) is 13.2 Å². The molecule has 4 rings (SSSR count). The molecule has 0 N–H and O–H groups in total. The molecule has 0 fully saturated rings. The first-order valence-corrected chi connectivity index (χ1v) is 9.70. The number of para-hydroxylation sites is 1. The summed E-state index contributed by atoms with van der Waals surface area (Å²) in [7, 11) is 0. The van der Waals surface area contributed by atoms with E-state index in [1.54, 1.807) is 30.5 Å². The second-order valence-corrected chi connectivity index (χ2v) is 7.34. The molecule has 0 unspecified atom stereocenters. The van der Waals surface area contributed by atoms with Gasteiger partial charge in [-0.2, -0.15) is 13.2 Å². The number of fused-ring (bicyclic) bond motifs is 1. The lowest BCUT2D eigenvalue weighted by Crippen LogP contribution is -2.11. The minimum absolute atomic E-state index is 0.273. The van der Waals surface area contributed by atoms with Gasteiger partial charge < -0.3 is 0 Å². The SMILES string of the molecule is FC(F)(F)c1nc(SCc2csc(-c3ccccn3)n2)c2ccccc2n1. The second kappa shape index (κ2) is 7.24. The highest BCUT2D eigenvalue weighted by atomic mass is 32.2. The molecule has 0 saturated heterocycles. The molecule has 0 aliphatic carbocycles. The normalized spacial score (nSPS) is 11.8. The predicted molar refractivity (Wildman–Crippen MR) is 99.4 cm³/mol. The highest BCUT2D eigenvalue weighted by molar-refractivity contribution is 7.98. The maximum Gasteiger partial charge on any atom is 0.451 e. The van der Waals surface area contributed by atoms with E-state index in [4.69, 9.17) is 0 Å². The lowest BCUT2D eigenvalue weighted by molar-refractivity contribution is -0.145. The molecule has 9 heteroatoms. The maximum absolute atomic E-state index is 13.1. The molecule has 0 saturated carbocycles. The molecule has 0 amide bonds. The Hall–Kier alpha value is -2.52. The van der Waals surface area contributed by atoms with Crippen molar-refractivity contribution in [3.63, 3.8) is 0 Å². The Morgan fingerprint density at radius 3 is 2.56 bits per heavy atom. The molecule has 4 aromatic rings. The van der Waals surface area contributed by atoms with Crippen molar-refractivity contribution < 1.29 is 13.2 Å². The zero-order chi connectivity index (χ0) is 18.9. The molecule has 136 valence electrons. The molecule has 0 aliphatic heterocycles. The van der Waals surface area contributed by atoms with Crippen LogP contribution in [0.25, 0.3) is 21.6 Å². The van der Waals surface area contributed by atoms with E-state index in [0.717, 1.165) is 16.4 Å². The number of aromatic nitrogens is 4. The number of halogens is 3. The van der Waals surface area contributed by atoms with Crippen LogP contribution in [0, 0.1) is 0 Å². The van der Waals surface area contributed by atoms with E-state index in [-0.39, 0.29) is 5.52 Å². The first-order valence-electron chi connectivity index (χ1n) is 7.83. The first-order chi connectivity index (χ1) is 13.0. The quantitative estimate of drug-likeness (QED) is 0.334. The van der Waals surface area contributed by atoms with Gasteiger partial charge in [-0.3, -0.25) is 4.98 Å².